The Bertz CT molecular complexity index is 708. The van der Waals surface area contributed by atoms with Crippen molar-refractivity contribution in [2.75, 3.05) is 0 Å². The molecule has 1 unspecified atom stereocenters. The highest BCUT2D eigenvalue weighted by Gasteiger charge is 2.14. The molecule has 2 aromatic heterocycles. The standard InChI is InChI=1S/C15H18N4/c1-10-13(9-19(2)18-10)14(16)7-11-8-17-15-6-4-3-5-12(11)15/h3-6,8-9,14,17H,7,16H2,1-2H3. The maximum absolute atomic E-state index is 6.32. The van der Waals surface area contributed by atoms with Crippen molar-refractivity contribution >= 4 is 10.9 Å². The molecule has 2 heterocycles. The molecule has 0 aliphatic carbocycles. The van der Waals surface area contributed by atoms with Gasteiger partial charge in [0.1, 0.15) is 0 Å². The quantitative estimate of drug-likeness (QED) is 0.754. The number of aryl methyl sites for hydroxylation is 2. The van der Waals surface area contributed by atoms with Crippen molar-refractivity contribution < 1.29 is 0 Å². The number of fused-ring (bicyclic) bond motifs is 1. The first-order chi connectivity index (χ1) is 9.15. The second-order valence-corrected chi connectivity index (χ2v) is 5.01. The van der Waals surface area contributed by atoms with Gasteiger partial charge in [-0.25, -0.2) is 0 Å². The fourth-order valence-electron chi connectivity index (χ4n) is 2.63. The molecule has 0 saturated heterocycles. The first-order valence-electron chi connectivity index (χ1n) is 6.46. The van der Waals surface area contributed by atoms with Crippen LogP contribution in [0, 0.1) is 6.92 Å². The van der Waals surface area contributed by atoms with Gasteiger partial charge in [-0.3, -0.25) is 4.68 Å². The zero-order chi connectivity index (χ0) is 13.4. The van der Waals surface area contributed by atoms with Crippen LogP contribution in [0.25, 0.3) is 10.9 Å². The monoisotopic (exact) mass is 254 g/mol. The van der Waals surface area contributed by atoms with E-state index in [1.807, 2.05) is 30.9 Å². The molecule has 0 amide bonds. The number of nitrogens with two attached hydrogens (primary N) is 1. The Morgan fingerprint density at radius 2 is 2.16 bits per heavy atom. The van der Waals surface area contributed by atoms with E-state index in [2.05, 4.69) is 34.5 Å². The topological polar surface area (TPSA) is 59.6 Å². The smallest absolute Gasteiger partial charge is 0.0641 e. The molecule has 3 aromatic rings. The Kier molecular flexibility index (Phi) is 2.87. The Hall–Kier alpha value is -2.07. The first-order valence-corrected chi connectivity index (χ1v) is 6.46. The Morgan fingerprint density at radius 1 is 1.37 bits per heavy atom. The highest BCUT2D eigenvalue weighted by atomic mass is 15.2. The summed E-state index contributed by atoms with van der Waals surface area (Å²) < 4.78 is 1.82. The summed E-state index contributed by atoms with van der Waals surface area (Å²) >= 11 is 0. The van der Waals surface area contributed by atoms with Crippen molar-refractivity contribution in [2.24, 2.45) is 12.8 Å². The van der Waals surface area contributed by atoms with Gasteiger partial charge in [-0.2, -0.15) is 5.10 Å². The van der Waals surface area contributed by atoms with E-state index in [-0.39, 0.29) is 6.04 Å². The van der Waals surface area contributed by atoms with Crippen molar-refractivity contribution in [1.82, 2.24) is 14.8 Å². The molecule has 0 bridgehead atoms. The van der Waals surface area contributed by atoms with Gasteiger partial charge in [0, 0.05) is 41.9 Å². The van der Waals surface area contributed by atoms with Crippen molar-refractivity contribution in [1.29, 1.82) is 0 Å². The molecule has 19 heavy (non-hydrogen) atoms. The second-order valence-electron chi connectivity index (χ2n) is 5.01. The zero-order valence-electron chi connectivity index (χ0n) is 11.2. The minimum atomic E-state index is -0.0205. The van der Waals surface area contributed by atoms with Gasteiger partial charge in [-0.05, 0) is 25.0 Å². The summed E-state index contributed by atoms with van der Waals surface area (Å²) in [6.07, 6.45) is 4.88. The van der Waals surface area contributed by atoms with Crippen LogP contribution in [0.15, 0.2) is 36.7 Å². The molecule has 4 nitrogen and oxygen atoms in total. The zero-order valence-corrected chi connectivity index (χ0v) is 11.2. The van der Waals surface area contributed by atoms with Gasteiger partial charge >= 0.3 is 0 Å². The predicted octanol–water partition coefficient (Wildman–Crippen LogP) is 2.45. The van der Waals surface area contributed by atoms with Crippen molar-refractivity contribution in [3.05, 3.63) is 53.5 Å². The van der Waals surface area contributed by atoms with Crippen LogP contribution >= 0.6 is 0 Å². The average Bonchev–Trinajstić information content (AvgIpc) is 2.94. The van der Waals surface area contributed by atoms with E-state index in [0.29, 0.717) is 0 Å². The molecular weight excluding hydrogens is 236 g/mol. The molecule has 0 aliphatic rings. The van der Waals surface area contributed by atoms with Gasteiger partial charge in [0.05, 0.1) is 5.69 Å². The van der Waals surface area contributed by atoms with E-state index < -0.39 is 0 Å². The molecule has 1 aromatic carbocycles. The van der Waals surface area contributed by atoms with Crippen molar-refractivity contribution in [3.63, 3.8) is 0 Å². The van der Waals surface area contributed by atoms with Gasteiger partial charge in [0.25, 0.3) is 0 Å². The fourth-order valence-corrected chi connectivity index (χ4v) is 2.63. The molecule has 0 fully saturated rings. The van der Waals surface area contributed by atoms with Crippen LogP contribution in [0.2, 0.25) is 0 Å². The third-order valence-corrected chi connectivity index (χ3v) is 3.57. The minimum Gasteiger partial charge on any atom is -0.361 e. The van der Waals surface area contributed by atoms with Crippen molar-refractivity contribution in [3.8, 4) is 0 Å². The lowest BCUT2D eigenvalue weighted by atomic mass is 10.00. The Labute approximate surface area is 112 Å². The number of rotatable bonds is 3. The number of nitrogens with one attached hydrogen (secondary N) is 1. The van der Waals surface area contributed by atoms with Crippen LogP contribution in [0.3, 0.4) is 0 Å². The van der Waals surface area contributed by atoms with Crippen molar-refractivity contribution in [2.45, 2.75) is 19.4 Å². The highest BCUT2D eigenvalue weighted by Crippen LogP contribution is 2.24. The van der Waals surface area contributed by atoms with E-state index in [1.54, 1.807) is 0 Å². The van der Waals surface area contributed by atoms with Crippen LogP contribution in [0.5, 0.6) is 0 Å². The first kappa shape index (κ1) is 12.0. The van der Waals surface area contributed by atoms with Gasteiger partial charge in [-0.1, -0.05) is 18.2 Å². The highest BCUT2D eigenvalue weighted by molar-refractivity contribution is 5.83. The lowest BCUT2D eigenvalue weighted by Gasteiger charge is -2.09. The summed E-state index contributed by atoms with van der Waals surface area (Å²) in [5, 5.41) is 5.60. The van der Waals surface area contributed by atoms with Crippen LogP contribution in [0.4, 0.5) is 0 Å². The summed E-state index contributed by atoms with van der Waals surface area (Å²) in [6, 6.07) is 8.28. The van der Waals surface area contributed by atoms with Gasteiger partial charge < -0.3 is 10.7 Å². The van der Waals surface area contributed by atoms with Gasteiger partial charge in [0.2, 0.25) is 0 Å². The van der Waals surface area contributed by atoms with Crippen LogP contribution in [0.1, 0.15) is 22.9 Å². The maximum Gasteiger partial charge on any atom is 0.0641 e. The molecule has 0 radical (unpaired) electrons. The SMILES string of the molecule is Cc1nn(C)cc1C(N)Cc1c[nH]c2ccccc12. The lowest BCUT2D eigenvalue weighted by Crippen LogP contribution is -2.13. The predicted molar refractivity (Wildman–Crippen MR) is 76.9 cm³/mol. The molecule has 1 atom stereocenters. The van der Waals surface area contributed by atoms with E-state index in [0.717, 1.165) is 23.2 Å². The minimum absolute atomic E-state index is 0.0205. The molecule has 98 valence electrons. The summed E-state index contributed by atoms with van der Waals surface area (Å²) in [5.74, 6) is 0. The van der Waals surface area contributed by atoms with Crippen LogP contribution < -0.4 is 5.73 Å². The van der Waals surface area contributed by atoms with Gasteiger partial charge in [-0.15, -0.1) is 0 Å². The lowest BCUT2D eigenvalue weighted by molar-refractivity contribution is 0.718. The molecule has 3 rings (SSSR count). The van der Waals surface area contributed by atoms with E-state index >= 15 is 0 Å². The van der Waals surface area contributed by atoms with E-state index in [9.17, 15) is 0 Å². The number of H-pyrrole nitrogens is 1. The summed E-state index contributed by atoms with van der Waals surface area (Å²) in [4.78, 5) is 3.29. The largest absolute Gasteiger partial charge is 0.361 e. The molecule has 0 saturated carbocycles. The van der Waals surface area contributed by atoms with Crippen LogP contribution in [-0.2, 0) is 13.5 Å². The van der Waals surface area contributed by atoms with Crippen LogP contribution in [-0.4, -0.2) is 14.8 Å². The number of aromatic amines is 1. The third-order valence-electron chi connectivity index (χ3n) is 3.57. The summed E-state index contributed by atoms with van der Waals surface area (Å²) in [6.45, 7) is 2.00. The number of nitrogens with zero attached hydrogens (tertiary/aromatic N) is 2. The third kappa shape index (κ3) is 2.15. The molecular formula is C15H18N4. The number of aromatic nitrogens is 3. The summed E-state index contributed by atoms with van der Waals surface area (Å²) in [5.41, 5.74) is 10.9. The van der Waals surface area contributed by atoms with E-state index in [1.165, 1.54) is 10.9 Å². The molecule has 0 spiro atoms. The fraction of sp³-hybridized carbons (Fsp3) is 0.267. The number of benzene rings is 1. The Morgan fingerprint density at radius 3 is 2.89 bits per heavy atom. The van der Waals surface area contributed by atoms with E-state index in [4.69, 9.17) is 5.73 Å². The number of para-hydroxylation sites is 1. The Balaban J connectivity index is 1.91. The maximum atomic E-state index is 6.32. The number of hydrogen-bond acceptors (Lipinski definition) is 2. The molecule has 4 heteroatoms. The average molecular weight is 254 g/mol. The summed E-state index contributed by atoms with van der Waals surface area (Å²) in [7, 11) is 1.93. The number of hydrogen-bond donors (Lipinski definition) is 2. The molecule has 0 aliphatic heterocycles. The molecule has 3 N–H and O–H groups in total. The normalized spacial score (nSPS) is 13.0. The second kappa shape index (κ2) is 4.55. The van der Waals surface area contributed by atoms with Gasteiger partial charge in [0.15, 0.2) is 0 Å².